The number of ether oxygens (including phenoxy) is 2. The molecule has 0 aliphatic heterocycles. The number of hydrogen-bond acceptors (Lipinski definition) is 5. The van der Waals surface area contributed by atoms with E-state index in [0.717, 1.165) is 18.5 Å². The number of benzene rings is 1. The van der Waals surface area contributed by atoms with E-state index in [9.17, 15) is 9.59 Å². The van der Waals surface area contributed by atoms with Gasteiger partial charge in [0.1, 0.15) is 0 Å². The van der Waals surface area contributed by atoms with Crippen molar-refractivity contribution >= 4 is 11.9 Å². The number of methoxy groups -OCH3 is 1. The average molecular weight is 352 g/mol. The molecule has 7 nitrogen and oxygen atoms in total. The summed E-state index contributed by atoms with van der Waals surface area (Å²) in [7, 11) is 5.64. The molecular weight excluding hydrogens is 324 g/mol. The Hall–Kier alpha value is -2.28. The van der Waals surface area contributed by atoms with Gasteiger partial charge in [-0.25, -0.2) is 0 Å². The van der Waals surface area contributed by atoms with Crippen molar-refractivity contribution in [1.82, 2.24) is 10.2 Å². The highest BCUT2D eigenvalue weighted by Crippen LogP contribution is 2.28. The van der Waals surface area contributed by atoms with Crippen LogP contribution in [0.4, 0.5) is 0 Å². The molecule has 140 valence electrons. The smallest absolute Gasteiger partial charge is 0.303 e. The van der Waals surface area contributed by atoms with E-state index >= 15 is 0 Å². The van der Waals surface area contributed by atoms with Gasteiger partial charge < -0.3 is 24.8 Å². The Bertz CT molecular complexity index is 560. The van der Waals surface area contributed by atoms with Crippen LogP contribution in [0.1, 0.15) is 24.8 Å². The van der Waals surface area contributed by atoms with Crippen molar-refractivity contribution in [1.29, 1.82) is 0 Å². The number of carboxylic acid groups (broad SMARTS) is 1. The van der Waals surface area contributed by atoms with Crippen molar-refractivity contribution in [3.8, 4) is 11.5 Å². The minimum absolute atomic E-state index is 0.00180. The molecule has 1 amide bonds. The number of rotatable bonds is 12. The average Bonchev–Trinajstić information content (AvgIpc) is 2.57. The molecule has 1 aromatic rings. The van der Waals surface area contributed by atoms with E-state index in [4.69, 9.17) is 14.6 Å². The standard InChI is InChI=1S/C18H28N2O5/c1-20(2)11-4-12-25-16-13-14(5-6-15(16)24-3)9-10-19-17(21)7-8-18(22)23/h5-6,13H,4,7-12H2,1-3H3,(H,19,21)(H,22,23). The molecule has 0 aliphatic carbocycles. The third-order valence-corrected chi connectivity index (χ3v) is 3.54. The van der Waals surface area contributed by atoms with Crippen LogP contribution in [0.3, 0.4) is 0 Å². The van der Waals surface area contributed by atoms with Gasteiger partial charge in [0.2, 0.25) is 5.91 Å². The molecule has 0 saturated heterocycles. The molecule has 0 aliphatic rings. The van der Waals surface area contributed by atoms with Gasteiger partial charge in [0.15, 0.2) is 11.5 Å². The van der Waals surface area contributed by atoms with Crippen LogP contribution in [-0.4, -0.2) is 62.8 Å². The van der Waals surface area contributed by atoms with Gasteiger partial charge in [-0.1, -0.05) is 6.07 Å². The monoisotopic (exact) mass is 352 g/mol. The van der Waals surface area contributed by atoms with E-state index in [1.54, 1.807) is 7.11 Å². The molecule has 0 heterocycles. The van der Waals surface area contributed by atoms with Crippen LogP contribution in [-0.2, 0) is 16.0 Å². The van der Waals surface area contributed by atoms with Crippen molar-refractivity contribution in [2.45, 2.75) is 25.7 Å². The van der Waals surface area contributed by atoms with Crippen LogP contribution in [0.2, 0.25) is 0 Å². The molecule has 1 rings (SSSR count). The van der Waals surface area contributed by atoms with E-state index in [-0.39, 0.29) is 18.7 Å². The lowest BCUT2D eigenvalue weighted by Crippen LogP contribution is -2.26. The lowest BCUT2D eigenvalue weighted by Gasteiger charge is -2.14. The fourth-order valence-electron chi connectivity index (χ4n) is 2.21. The second kappa shape index (κ2) is 11.3. The largest absolute Gasteiger partial charge is 0.493 e. The van der Waals surface area contributed by atoms with Gasteiger partial charge in [-0.15, -0.1) is 0 Å². The van der Waals surface area contributed by atoms with E-state index in [1.807, 2.05) is 32.3 Å². The third-order valence-electron chi connectivity index (χ3n) is 3.54. The number of nitrogens with one attached hydrogen (secondary N) is 1. The Morgan fingerprint density at radius 3 is 2.60 bits per heavy atom. The Labute approximate surface area is 148 Å². The van der Waals surface area contributed by atoms with Crippen molar-refractivity contribution in [3.63, 3.8) is 0 Å². The molecule has 0 unspecified atom stereocenters. The summed E-state index contributed by atoms with van der Waals surface area (Å²) in [6.45, 7) is 2.00. The number of carboxylic acids is 1. The van der Waals surface area contributed by atoms with Crippen molar-refractivity contribution in [2.75, 3.05) is 40.9 Å². The molecular formula is C18H28N2O5. The first-order valence-corrected chi connectivity index (χ1v) is 8.35. The number of aliphatic carboxylic acids is 1. The Morgan fingerprint density at radius 2 is 1.96 bits per heavy atom. The number of nitrogens with zero attached hydrogens (tertiary/aromatic N) is 1. The van der Waals surface area contributed by atoms with Crippen molar-refractivity contribution < 1.29 is 24.2 Å². The SMILES string of the molecule is COc1ccc(CCNC(=O)CCC(=O)O)cc1OCCCN(C)C. The highest BCUT2D eigenvalue weighted by Gasteiger charge is 2.08. The fourth-order valence-corrected chi connectivity index (χ4v) is 2.21. The maximum Gasteiger partial charge on any atom is 0.303 e. The zero-order valence-corrected chi connectivity index (χ0v) is 15.2. The summed E-state index contributed by atoms with van der Waals surface area (Å²) >= 11 is 0. The first-order valence-electron chi connectivity index (χ1n) is 8.35. The van der Waals surface area contributed by atoms with Gasteiger partial charge in [-0.3, -0.25) is 9.59 Å². The number of carbonyl (C=O) groups excluding carboxylic acids is 1. The zero-order chi connectivity index (χ0) is 18.7. The molecule has 7 heteroatoms. The topological polar surface area (TPSA) is 88.1 Å². The molecule has 0 spiro atoms. The van der Waals surface area contributed by atoms with Gasteiger partial charge in [0, 0.05) is 19.5 Å². The van der Waals surface area contributed by atoms with Gasteiger partial charge in [-0.2, -0.15) is 0 Å². The second-order valence-electron chi connectivity index (χ2n) is 5.98. The molecule has 0 radical (unpaired) electrons. The minimum atomic E-state index is -0.971. The summed E-state index contributed by atoms with van der Waals surface area (Å²) in [5, 5.41) is 11.3. The summed E-state index contributed by atoms with van der Waals surface area (Å²) in [6, 6.07) is 5.69. The van der Waals surface area contributed by atoms with Crippen molar-refractivity contribution in [2.24, 2.45) is 0 Å². The predicted molar refractivity (Wildman–Crippen MR) is 95.2 cm³/mol. The molecule has 0 atom stereocenters. The lowest BCUT2D eigenvalue weighted by molar-refractivity contribution is -0.138. The van der Waals surface area contributed by atoms with E-state index in [1.165, 1.54) is 0 Å². The Kier molecular flexibility index (Phi) is 9.39. The molecule has 1 aromatic carbocycles. The van der Waals surface area contributed by atoms with E-state index in [2.05, 4.69) is 10.2 Å². The maximum atomic E-state index is 11.5. The van der Waals surface area contributed by atoms with Crippen LogP contribution < -0.4 is 14.8 Å². The van der Waals surface area contributed by atoms with E-state index < -0.39 is 5.97 Å². The van der Waals surface area contributed by atoms with E-state index in [0.29, 0.717) is 31.1 Å². The minimum Gasteiger partial charge on any atom is -0.493 e. The van der Waals surface area contributed by atoms with Crippen LogP contribution in [0.15, 0.2) is 18.2 Å². The number of amides is 1. The Morgan fingerprint density at radius 1 is 1.20 bits per heavy atom. The van der Waals surface area contributed by atoms with Crippen LogP contribution >= 0.6 is 0 Å². The predicted octanol–water partition coefficient (Wildman–Crippen LogP) is 1.55. The van der Waals surface area contributed by atoms with Gasteiger partial charge >= 0.3 is 5.97 Å². The molecule has 0 aromatic heterocycles. The summed E-state index contributed by atoms with van der Waals surface area (Å²) in [4.78, 5) is 24.0. The summed E-state index contributed by atoms with van der Waals surface area (Å²) in [6.07, 6.45) is 1.40. The highest BCUT2D eigenvalue weighted by atomic mass is 16.5. The quantitative estimate of drug-likeness (QED) is 0.555. The molecule has 0 fully saturated rings. The number of carbonyl (C=O) groups is 2. The van der Waals surface area contributed by atoms with Crippen LogP contribution in [0.5, 0.6) is 11.5 Å². The van der Waals surface area contributed by atoms with Gasteiger partial charge in [0.25, 0.3) is 0 Å². The maximum absolute atomic E-state index is 11.5. The highest BCUT2D eigenvalue weighted by molar-refractivity contribution is 5.80. The third kappa shape index (κ3) is 8.95. The second-order valence-corrected chi connectivity index (χ2v) is 5.98. The van der Waals surface area contributed by atoms with Gasteiger partial charge in [0.05, 0.1) is 20.1 Å². The molecule has 2 N–H and O–H groups in total. The molecule has 25 heavy (non-hydrogen) atoms. The first-order chi connectivity index (χ1) is 11.9. The fraction of sp³-hybridized carbons (Fsp3) is 0.556. The normalized spacial score (nSPS) is 10.6. The number of hydrogen-bond donors (Lipinski definition) is 2. The molecule has 0 bridgehead atoms. The lowest BCUT2D eigenvalue weighted by atomic mass is 10.1. The van der Waals surface area contributed by atoms with Crippen LogP contribution in [0.25, 0.3) is 0 Å². The Balaban J connectivity index is 2.47. The summed E-state index contributed by atoms with van der Waals surface area (Å²) in [5.41, 5.74) is 1.02. The zero-order valence-electron chi connectivity index (χ0n) is 15.2. The van der Waals surface area contributed by atoms with Crippen molar-refractivity contribution in [3.05, 3.63) is 23.8 Å². The van der Waals surface area contributed by atoms with Gasteiger partial charge in [-0.05, 0) is 44.6 Å². The van der Waals surface area contributed by atoms with Crippen LogP contribution in [0, 0.1) is 0 Å². The summed E-state index contributed by atoms with van der Waals surface area (Å²) < 4.78 is 11.1. The molecule has 0 saturated carbocycles. The summed E-state index contributed by atoms with van der Waals surface area (Å²) in [5.74, 6) is 0.146. The first kappa shape index (κ1) is 20.8.